The molecule has 29 heteroatoms. The maximum atomic E-state index is 15.0. The summed E-state index contributed by atoms with van der Waals surface area (Å²) in [5, 5.41) is 6.25. The van der Waals surface area contributed by atoms with E-state index in [0.29, 0.717) is 28.3 Å². The van der Waals surface area contributed by atoms with Crippen molar-refractivity contribution in [2.45, 2.75) is 95.8 Å². The Labute approximate surface area is 431 Å². The summed E-state index contributed by atoms with van der Waals surface area (Å²) in [5.41, 5.74) is -0.710. The minimum atomic E-state index is -5.27. The van der Waals surface area contributed by atoms with Crippen molar-refractivity contribution in [3.05, 3.63) is 116 Å². The molecular formula is C46H46ClF10N7O8P2S. The molecule has 0 aliphatic heterocycles. The van der Waals surface area contributed by atoms with Gasteiger partial charge in [-0.25, -0.2) is 17.7 Å². The third kappa shape index (κ3) is 14.2. The van der Waals surface area contributed by atoms with Gasteiger partial charge in [0.15, 0.2) is 14.2 Å². The molecule has 1 fully saturated rings. The van der Waals surface area contributed by atoms with E-state index in [2.05, 4.69) is 20.4 Å². The van der Waals surface area contributed by atoms with Crippen LogP contribution in [-0.2, 0) is 38.7 Å². The lowest BCUT2D eigenvalue weighted by atomic mass is 9.78. The van der Waals surface area contributed by atoms with Gasteiger partial charge in [-0.3, -0.25) is 34.0 Å². The number of aliphatic imine (C=N–C) groups is 1. The molecule has 406 valence electrons. The van der Waals surface area contributed by atoms with E-state index in [1.54, 1.807) is 6.92 Å². The third-order valence-corrected chi connectivity index (χ3v) is 13.7. The van der Waals surface area contributed by atoms with Crippen molar-refractivity contribution >= 4 is 74.0 Å². The van der Waals surface area contributed by atoms with Crippen molar-refractivity contribution < 1.29 is 82.2 Å². The number of phosphoric ester groups is 1. The number of hydrogen-bond acceptors (Lipinski definition) is 11. The van der Waals surface area contributed by atoms with E-state index < -0.39 is 143 Å². The summed E-state index contributed by atoms with van der Waals surface area (Å²) in [5.74, 6) is -8.98. The number of phosphoric acid groups is 1. The molecule has 0 bridgehead atoms. The van der Waals surface area contributed by atoms with Crippen LogP contribution in [-0.4, -0.2) is 82.9 Å². The topological polar surface area (TPSA) is 226 Å². The standard InChI is InChI=1S/C46H46ClF10N7O8P2S/c1-22-12-25(20-73(67)68)37(33(13-22)72-74(69,70)71)43(3,4)18-35(66)64(75-5)42-36-31(47)9-8-29(39(36)63(62-42)21-45(52,53)54)28-7-6-23(2)60-38(28)32(16-24-14-26(48)17-27(49)15-24)61-34(65)19-59-41-30(10-11-44(41,50)51)40(58)46(55,56)57/h6-9,12-15,17,32,67-68H,10-11,16,18-21,58H2,1-5H3,(H,61,65)(H2,69,70,71)/b40-30-,59-41?/t32-/m0/s1. The molecule has 75 heavy (non-hydrogen) atoms. The number of nitrogens with one attached hydrogen (secondary N) is 1. The van der Waals surface area contributed by atoms with Gasteiger partial charge in [-0.05, 0) is 85.7 Å². The predicted molar refractivity (Wildman–Crippen MR) is 261 cm³/mol. The van der Waals surface area contributed by atoms with E-state index >= 15 is 0 Å². The van der Waals surface area contributed by atoms with Gasteiger partial charge >= 0.3 is 20.2 Å². The second-order valence-corrected chi connectivity index (χ2v) is 21.4. The number of aromatic nitrogens is 3. The number of hydrogen-bond donors (Lipinski definition) is 6. The third-order valence-electron chi connectivity index (χ3n) is 11.6. The van der Waals surface area contributed by atoms with Crippen LogP contribution in [0.2, 0.25) is 5.02 Å². The largest absolute Gasteiger partial charge is 0.524 e. The molecule has 0 unspecified atom stereocenters. The van der Waals surface area contributed by atoms with E-state index in [1.165, 1.54) is 63.4 Å². The van der Waals surface area contributed by atoms with Crippen molar-refractivity contribution in [2.24, 2.45) is 10.7 Å². The van der Waals surface area contributed by atoms with Crippen LogP contribution in [0, 0.1) is 25.5 Å². The Hall–Kier alpha value is -5.33. The number of anilines is 1. The number of nitrogens with two attached hydrogens (primary N) is 1. The molecule has 2 heterocycles. The number of allylic oxidation sites excluding steroid dienone is 2. The highest BCUT2D eigenvalue weighted by Gasteiger charge is 2.48. The quantitative estimate of drug-likeness (QED) is 0.0291. The molecule has 15 nitrogen and oxygen atoms in total. The SMILES string of the molecule is CSN(C(=O)CC(C)(C)c1c(CP(O)O)cc(C)cc1OP(=O)(O)O)c1nn(CC(F)(F)F)c2c(-c3ccc(C)nc3[C@H](Cc3cc(F)cc(F)c3)NC(=O)CN=C3/C(=C(\N)C(F)(F)F)CCC3(F)F)ccc(Cl)c12. The van der Waals surface area contributed by atoms with Crippen LogP contribution in [0.1, 0.15) is 72.8 Å². The van der Waals surface area contributed by atoms with Crippen molar-refractivity contribution in [1.82, 2.24) is 20.1 Å². The molecule has 1 aliphatic carbocycles. The molecule has 1 atom stereocenters. The average molecular weight is 1140 g/mol. The number of carbonyl (C=O) groups is 2. The second-order valence-electron chi connectivity index (χ2n) is 18.0. The van der Waals surface area contributed by atoms with Crippen LogP contribution in [0.5, 0.6) is 5.75 Å². The Kier molecular flexibility index (Phi) is 17.5. The van der Waals surface area contributed by atoms with Gasteiger partial charge in [0.2, 0.25) is 11.8 Å². The van der Waals surface area contributed by atoms with Crippen LogP contribution in [0.4, 0.5) is 49.7 Å². The van der Waals surface area contributed by atoms with Crippen LogP contribution in [0.25, 0.3) is 22.0 Å². The lowest BCUT2D eigenvalue weighted by Crippen LogP contribution is -2.34. The van der Waals surface area contributed by atoms with Gasteiger partial charge in [0.05, 0.1) is 27.7 Å². The number of nitrogens with zero attached hydrogens (tertiary/aromatic N) is 5. The molecule has 3 aromatic carbocycles. The number of benzene rings is 3. The number of carbonyl (C=O) groups excluding carboxylic acids is 2. The molecule has 0 radical (unpaired) electrons. The number of halogens is 11. The van der Waals surface area contributed by atoms with E-state index in [-0.39, 0.29) is 55.1 Å². The van der Waals surface area contributed by atoms with Gasteiger partial charge in [-0.15, -0.1) is 0 Å². The average Bonchev–Trinajstić information content (AvgIpc) is 3.76. The molecule has 5 aromatic rings. The first-order valence-electron chi connectivity index (χ1n) is 22.0. The molecule has 6 rings (SSSR count). The Morgan fingerprint density at radius 1 is 1.03 bits per heavy atom. The van der Waals surface area contributed by atoms with Crippen LogP contribution in [0.15, 0.2) is 70.9 Å². The molecule has 1 aliphatic rings. The molecule has 7 N–H and O–H groups in total. The van der Waals surface area contributed by atoms with Crippen LogP contribution >= 0.6 is 39.7 Å². The fourth-order valence-corrected chi connectivity index (χ4v) is 10.6. The van der Waals surface area contributed by atoms with Gasteiger partial charge in [0.1, 0.15) is 41.9 Å². The number of pyridine rings is 1. The monoisotopic (exact) mass is 1140 g/mol. The first-order chi connectivity index (χ1) is 34.6. The molecular weight excluding hydrogens is 1100 g/mol. The Balaban J connectivity index is 1.51. The van der Waals surface area contributed by atoms with Crippen molar-refractivity contribution in [1.29, 1.82) is 0 Å². The molecule has 2 amide bonds. The summed E-state index contributed by atoms with van der Waals surface area (Å²) in [6.45, 7) is 2.92. The number of rotatable bonds is 17. The summed E-state index contributed by atoms with van der Waals surface area (Å²) < 4.78 is 162. The normalized spacial score (nSPS) is 16.0. The number of aryl methyl sites for hydroxylation is 2. The van der Waals surface area contributed by atoms with E-state index in [9.17, 15) is 77.6 Å². The lowest BCUT2D eigenvalue weighted by molar-refractivity contribution is -0.141. The lowest BCUT2D eigenvalue weighted by Gasteiger charge is -2.31. The summed E-state index contributed by atoms with van der Waals surface area (Å²) in [6.07, 6.45) is -12.3. The zero-order valence-electron chi connectivity index (χ0n) is 39.9. The number of alkyl halides is 8. The highest BCUT2D eigenvalue weighted by Crippen LogP contribution is 2.49. The maximum Gasteiger partial charge on any atom is 0.524 e. The van der Waals surface area contributed by atoms with Gasteiger partial charge in [-0.1, -0.05) is 43.6 Å². The van der Waals surface area contributed by atoms with Gasteiger partial charge in [0, 0.05) is 64.7 Å². The zero-order chi connectivity index (χ0) is 55.9. The fraction of sp³-hybridized carbons (Fsp3) is 0.370. The molecule has 0 spiro atoms. The Bertz CT molecular complexity index is 3130. The zero-order valence-corrected chi connectivity index (χ0v) is 43.3. The summed E-state index contributed by atoms with van der Waals surface area (Å²) in [4.78, 5) is 76.1. The Morgan fingerprint density at radius 3 is 2.25 bits per heavy atom. The summed E-state index contributed by atoms with van der Waals surface area (Å²) >= 11 is 7.49. The van der Waals surface area contributed by atoms with Crippen LogP contribution < -0.4 is 19.9 Å². The predicted octanol–water partition coefficient (Wildman–Crippen LogP) is 10.5. The van der Waals surface area contributed by atoms with Crippen LogP contribution in [0.3, 0.4) is 0 Å². The highest BCUT2D eigenvalue weighted by molar-refractivity contribution is 8.00. The second kappa shape index (κ2) is 22.3. The smallest absolute Gasteiger partial charge is 0.404 e. The van der Waals surface area contributed by atoms with E-state index in [1.807, 2.05) is 0 Å². The van der Waals surface area contributed by atoms with Crippen molar-refractivity contribution in [3.8, 4) is 16.9 Å². The number of amides is 2. The van der Waals surface area contributed by atoms with Crippen molar-refractivity contribution in [3.63, 3.8) is 0 Å². The summed E-state index contributed by atoms with van der Waals surface area (Å²) in [7, 11) is -7.92. The highest BCUT2D eigenvalue weighted by atomic mass is 35.5. The molecule has 0 saturated heterocycles. The number of fused-ring (bicyclic) bond motifs is 1. The van der Waals surface area contributed by atoms with E-state index in [0.717, 1.165) is 16.4 Å². The molecule has 1 saturated carbocycles. The Morgan fingerprint density at radius 2 is 1.67 bits per heavy atom. The molecule has 2 aromatic heterocycles. The minimum Gasteiger partial charge on any atom is -0.404 e. The first-order valence-corrected chi connectivity index (χ1v) is 26.5. The van der Waals surface area contributed by atoms with Gasteiger partial charge < -0.3 is 25.4 Å². The minimum absolute atomic E-state index is 0.00660. The van der Waals surface area contributed by atoms with Gasteiger partial charge in [-0.2, -0.15) is 40.2 Å². The first kappa shape index (κ1) is 58.9. The maximum absolute atomic E-state index is 15.0. The van der Waals surface area contributed by atoms with E-state index in [4.69, 9.17) is 21.9 Å². The van der Waals surface area contributed by atoms with Gasteiger partial charge in [0.25, 0.3) is 5.92 Å². The fourth-order valence-electron chi connectivity index (χ4n) is 8.85. The van der Waals surface area contributed by atoms with Crippen molar-refractivity contribution in [2.75, 3.05) is 17.1 Å². The summed E-state index contributed by atoms with van der Waals surface area (Å²) in [6, 6.07) is 8.81.